The molecule has 24 heavy (non-hydrogen) atoms. The molecule has 1 aromatic heterocycles. The largest absolute Gasteiger partial charge is 0.330 e. The molecule has 2 atom stereocenters. The van der Waals surface area contributed by atoms with Crippen LogP contribution in [0.2, 0.25) is 0 Å². The number of hydrogen-bond donors (Lipinski definition) is 0. The SMILES string of the molecule is CC(C)CCN1CCN(C(=O)c2ccccn2)[C@@H]2CS(=O)(=O)C[C@@H]21. The van der Waals surface area contributed by atoms with Gasteiger partial charge in [-0.1, -0.05) is 19.9 Å². The summed E-state index contributed by atoms with van der Waals surface area (Å²) in [5.74, 6) is 0.636. The molecule has 0 bridgehead atoms. The third kappa shape index (κ3) is 3.62. The Morgan fingerprint density at radius 1 is 1.25 bits per heavy atom. The molecule has 2 aliphatic rings. The predicted molar refractivity (Wildman–Crippen MR) is 92.5 cm³/mol. The maximum atomic E-state index is 12.8. The Bertz CT molecular complexity index is 690. The number of fused-ring (bicyclic) bond motifs is 1. The summed E-state index contributed by atoms with van der Waals surface area (Å²) in [5.41, 5.74) is 0.385. The Morgan fingerprint density at radius 3 is 2.67 bits per heavy atom. The van der Waals surface area contributed by atoms with Crippen molar-refractivity contribution in [3.8, 4) is 0 Å². The second-order valence-corrected chi connectivity index (χ2v) is 9.30. The summed E-state index contributed by atoms with van der Waals surface area (Å²) in [5, 5.41) is 0. The summed E-state index contributed by atoms with van der Waals surface area (Å²) >= 11 is 0. The minimum Gasteiger partial charge on any atom is -0.330 e. The first-order chi connectivity index (χ1) is 11.4. The van der Waals surface area contributed by atoms with Crippen LogP contribution >= 0.6 is 0 Å². The molecule has 0 N–H and O–H groups in total. The molecule has 2 saturated heterocycles. The molecule has 2 fully saturated rings. The first-order valence-electron chi connectivity index (χ1n) is 8.54. The Morgan fingerprint density at radius 2 is 2.00 bits per heavy atom. The van der Waals surface area contributed by atoms with E-state index in [9.17, 15) is 13.2 Å². The van der Waals surface area contributed by atoms with E-state index in [4.69, 9.17) is 0 Å². The fourth-order valence-electron chi connectivity index (χ4n) is 3.62. The lowest BCUT2D eigenvalue weighted by Gasteiger charge is -2.44. The Labute approximate surface area is 143 Å². The van der Waals surface area contributed by atoms with Crippen LogP contribution in [0.25, 0.3) is 0 Å². The van der Waals surface area contributed by atoms with Crippen LogP contribution in [0.3, 0.4) is 0 Å². The number of pyridine rings is 1. The third-order valence-corrected chi connectivity index (χ3v) is 6.63. The van der Waals surface area contributed by atoms with Crippen LogP contribution < -0.4 is 0 Å². The quantitative estimate of drug-likeness (QED) is 0.811. The van der Waals surface area contributed by atoms with Gasteiger partial charge in [0.2, 0.25) is 0 Å². The summed E-state index contributed by atoms with van der Waals surface area (Å²) < 4.78 is 24.4. The molecule has 0 aliphatic carbocycles. The molecule has 0 saturated carbocycles. The van der Waals surface area contributed by atoms with Crippen LogP contribution in [0.4, 0.5) is 0 Å². The highest BCUT2D eigenvalue weighted by atomic mass is 32.2. The number of piperazine rings is 1. The lowest BCUT2D eigenvalue weighted by molar-refractivity contribution is 0.0314. The zero-order chi connectivity index (χ0) is 17.3. The van der Waals surface area contributed by atoms with Crippen molar-refractivity contribution in [2.45, 2.75) is 32.4 Å². The highest BCUT2D eigenvalue weighted by Gasteiger charge is 2.48. The molecule has 0 radical (unpaired) electrons. The van der Waals surface area contributed by atoms with Crippen molar-refractivity contribution in [2.75, 3.05) is 31.1 Å². The van der Waals surface area contributed by atoms with E-state index in [1.807, 2.05) is 0 Å². The first-order valence-corrected chi connectivity index (χ1v) is 10.4. The van der Waals surface area contributed by atoms with Gasteiger partial charge in [-0.2, -0.15) is 0 Å². The molecule has 3 heterocycles. The van der Waals surface area contributed by atoms with E-state index in [0.717, 1.165) is 19.5 Å². The van der Waals surface area contributed by atoms with Gasteiger partial charge in [-0.3, -0.25) is 14.7 Å². The molecule has 1 amide bonds. The average Bonchev–Trinajstić information content (AvgIpc) is 2.87. The van der Waals surface area contributed by atoms with Crippen molar-refractivity contribution in [3.05, 3.63) is 30.1 Å². The molecule has 0 unspecified atom stereocenters. The van der Waals surface area contributed by atoms with Gasteiger partial charge in [0.05, 0.1) is 17.5 Å². The van der Waals surface area contributed by atoms with Gasteiger partial charge in [0, 0.05) is 25.3 Å². The van der Waals surface area contributed by atoms with E-state index in [1.54, 1.807) is 29.3 Å². The summed E-state index contributed by atoms with van der Waals surface area (Å²) in [6.45, 7) is 6.51. The summed E-state index contributed by atoms with van der Waals surface area (Å²) in [4.78, 5) is 20.9. The maximum absolute atomic E-state index is 12.8. The van der Waals surface area contributed by atoms with Crippen LogP contribution in [0.5, 0.6) is 0 Å². The molecule has 2 aliphatic heterocycles. The van der Waals surface area contributed by atoms with Crippen molar-refractivity contribution < 1.29 is 13.2 Å². The zero-order valence-corrected chi connectivity index (χ0v) is 15.1. The smallest absolute Gasteiger partial charge is 0.272 e. The molecular formula is C17H25N3O3S. The Kier molecular flexibility index (Phi) is 4.92. The number of carbonyl (C=O) groups excluding carboxylic acids is 1. The lowest BCUT2D eigenvalue weighted by atomic mass is 10.0. The second kappa shape index (κ2) is 6.80. The number of nitrogens with zero attached hydrogens (tertiary/aromatic N) is 3. The molecular weight excluding hydrogens is 326 g/mol. The van der Waals surface area contributed by atoms with E-state index in [1.165, 1.54) is 0 Å². The number of sulfone groups is 1. The van der Waals surface area contributed by atoms with E-state index in [2.05, 4.69) is 23.7 Å². The number of hydrogen-bond acceptors (Lipinski definition) is 5. The van der Waals surface area contributed by atoms with Crippen molar-refractivity contribution in [2.24, 2.45) is 5.92 Å². The molecule has 0 spiro atoms. The number of amides is 1. The van der Waals surface area contributed by atoms with E-state index < -0.39 is 9.84 Å². The number of carbonyl (C=O) groups is 1. The van der Waals surface area contributed by atoms with Gasteiger partial charge >= 0.3 is 0 Å². The van der Waals surface area contributed by atoms with Gasteiger partial charge in [0.25, 0.3) is 5.91 Å². The van der Waals surface area contributed by atoms with Gasteiger partial charge in [0.1, 0.15) is 5.69 Å². The van der Waals surface area contributed by atoms with Crippen molar-refractivity contribution >= 4 is 15.7 Å². The highest BCUT2D eigenvalue weighted by molar-refractivity contribution is 7.91. The molecule has 132 valence electrons. The summed E-state index contributed by atoms with van der Waals surface area (Å²) in [6, 6.07) is 4.89. The Balaban J connectivity index is 1.80. The average molecular weight is 351 g/mol. The fourth-order valence-corrected chi connectivity index (χ4v) is 5.63. The van der Waals surface area contributed by atoms with Crippen LogP contribution in [0, 0.1) is 5.92 Å². The molecule has 3 rings (SSSR count). The monoisotopic (exact) mass is 351 g/mol. The zero-order valence-electron chi connectivity index (χ0n) is 14.3. The standard InChI is InChI=1S/C17H25N3O3S/c1-13(2)6-8-19-9-10-20(16-12-24(22,23)11-15(16)19)17(21)14-5-3-4-7-18-14/h3-5,7,13,15-16H,6,8-12H2,1-2H3/t15-,16+/m0/s1. The van der Waals surface area contributed by atoms with Crippen LogP contribution in [-0.2, 0) is 9.84 Å². The third-order valence-electron chi connectivity index (χ3n) is 4.93. The van der Waals surface area contributed by atoms with Crippen molar-refractivity contribution in [3.63, 3.8) is 0 Å². The number of aromatic nitrogens is 1. The lowest BCUT2D eigenvalue weighted by Crippen LogP contribution is -2.60. The minimum absolute atomic E-state index is 0.0639. The first kappa shape index (κ1) is 17.4. The highest BCUT2D eigenvalue weighted by Crippen LogP contribution is 2.28. The van der Waals surface area contributed by atoms with Crippen LogP contribution in [-0.4, -0.2) is 72.3 Å². The predicted octanol–water partition coefficient (Wildman–Crippen LogP) is 1.05. The van der Waals surface area contributed by atoms with Gasteiger partial charge in [-0.05, 0) is 31.0 Å². The van der Waals surface area contributed by atoms with Gasteiger partial charge in [-0.25, -0.2) is 8.42 Å². The van der Waals surface area contributed by atoms with Crippen LogP contribution in [0.1, 0.15) is 30.8 Å². The van der Waals surface area contributed by atoms with Crippen molar-refractivity contribution in [1.82, 2.24) is 14.8 Å². The topological polar surface area (TPSA) is 70.6 Å². The molecule has 6 nitrogen and oxygen atoms in total. The van der Waals surface area contributed by atoms with E-state index in [0.29, 0.717) is 18.2 Å². The van der Waals surface area contributed by atoms with E-state index in [-0.39, 0.29) is 29.5 Å². The normalized spacial score (nSPS) is 26.5. The minimum atomic E-state index is -3.10. The van der Waals surface area contributed by atoms with Crippen LogP contribution in [0.15, 0.2) is 24.4 Å². The molecule has 0 aromatic carbocycles. The number of rotatable bonds is 4. The van der Waals surface area contributed by atoms with Gasteiger partial charge in [0.15, 0.2) is 9.84 Å². The van der Waals surface area contributed by atoms with Gasteiger partial charge in [-0.15, -0.1) is 0 Å². The molecule has 7 heteroatoms. The summed E-state index contributed by atoms with van der Waals surface area (Å²) in [6.07, 6.45) is 2.63. The van der Waals surface area contributed by atoms with Gasteiger partial charge < -0.3 is 4.90 Å². The summed E-state index contributed by atoms with van der Waals surface area (Å²) in [7, 11) is -3.10. The molecule has 1 aromatic rings. The van der Waals surface area contributed by atoms with Crippen molar-refractivity contribution in [1.29, 1.82) is 0 Å². The maximum Gasteiger partial charge on any atom is 0.272 e. The second-order valence-electron chi connectivity index (χ2n) is 7.14. The van der Waals surface area contributed by atoms with E-state index >= 15 is 0 Å². The Hall–Kier alpha value is -1.47. The fraction of sp³-hybridized carbons (Fsp3) is 0.647.